The van der Waals surface area contributed by atoms with Gasteiger partial charge in [0.25, 0.3) is 0 Å². The molecule has 1 rings (SSSR count). The Labute approximate surface area is 91.6 Å². The summed E-state index contributed by atoms with van der Waals surface area (Å²) in [6.45, 7) is 0. The first kappa shape index (κ1) is 10.5. The van der Waals surface area contributed by atoms with Crippen molar-refractivity contribution in [2.45, 2.75) is 4.83 Å². The molecule has 1 unspecified atom stereocenters. The van der Waals surface area contributed by atoms with Gasteiger partial charge >= 0.3 is 5.97 Å². The van der Waals surface area contributed by atoms with Gasteiger partial charge in [0.05, 0.1) is 4.47 Å². The monoisotopic (exact) mass is 308 g/mol. The van der Waals surface area contributed by atoms with E-state index in [1.54, 1.807) is 12.1 Å². The van der Waals surface area contributed by atoms with Crippen LogP contribution in [0.3, 0.4) is 0 Å². The molecule has 0 aliphatic carbocycles. The van der Waals surface area contributed by atoms with E-state index in [2.05, 4.69) is 31.9 Å². The van der Waals surface area contributed by atoms with Crippen molar-refractivity contribution < 1.29 is 15.0 Å². The topological polar surface area (TPSA) is 57.5 Å². The summed E-state index contributed by atoms with van der Waals surface area (Å²) in [5, 5.41) is 17.9. The molecule has 0 heterocycles. The molecule has 0 spiro atoms. The zero-order chi connectivity index (χ0) is 10.0. The molecule has 1 aromatic carbocycles. The Kier molecular flexibility index (Phi) is 3.33. The first-order valence-electron chi connectivity index (χ1n) is 3.37. The van der Waals surface area contributed by atoms with Crippen molar-refractivity contribution >= 4 is 37.8 Å². The van der Waals surface area contributed by atoms with Crippen molar-refractivity contribution in [3.8, 4) is 5.75 Å². The highest BCUT2D eigenvalue weighted by Gasteiger charge is 2.16. The Hall–Kier alpha value is -0.550. The molecule has 1 atom stereocenters. The molecule has 0 aliphatic rings. The Balaban J connectivity index is 3.03. The quantitative estimate of drug-likeness (QED) is 0.826. The van der Waals surface area contributed by atoms with Gasteiger partial charge < -0.3 is 10.2 Å². The van der Waals surface area contributed by atoms with Gasteiger partial charge in [-0.2, -0.15) is 0 Å². The van der Waals surface area contributed by atoms with Crippen LogP contribution in [0.1, 0.15) is 10.4 Å². The molecule has 0 saturated carbocycles. The number of hydrogen-bond donors (Lipinski definition) is 2. The van der Waals surface area contributed by atoms with Crippen molar-refractivity contribution in [2.75, 3.05) is 0 Å². The Morgan fingerprint density at radius 2 is 2.08 bits per heavy atom. The lowest BCUT2D eigenvalue weighted by Gasteiger charge is -2.05. The molecule has 70 valence electrons. The summed E-state index contributed by atoms with van der Waals surface area (Å²) in [6, 6.07) is 4.62. The summed E-state index contributed by atoms with van der Waals surface area (Å²) in [7, 11) is 0. The number of hydrogen-bond acceptors (Lipinski definition) is 2. The van der Waals surface area contributed by atoms with E-state index in [0.29, 0.717) is 10.0 Å². The molecule has 1 aromatic rings. The second-order valence-corrected chi connectivity index (χ2v) is 4.18. The maximum atomic E-state index is 10.6. The molecule has 0 aliphatic heterocycles. The number of carboxylic acids is 1. The molecule has 0 radical (unpaired) electrons. The molecule has 0 amide bonds. The number of halogens is 2. The molecular formula is C8H6Br2O3. The normalized spacial score (nSPS) is 12.5. The highest BCUT2D eigenvalue weighted by atomic mass is 79.9. The standard InChI is InChI=1S/C8H6Br2O3/c9-5-2-1-4(3-6(5)11)7(10)8(12)13/h1-3,7,11H,(H,12,13). The zero-order valence-electron chi connectivity index (χ0n) is 6.37. The lowest BCUT2D eigenvalue weighted by Crippen LogP contribution is -2.03. The van der Waals surface area contributed by atoms with E-state index in [1.807, 2.05) is 0 Å². The highest BCUT2D eigenvalue weighted by Crippen LogP contribution is 2.30. The fraction of sp³-hybridized carbons (Fsp3) is 0.125. The lowest BCUT2D eigenvalue weighted by atomic mass is 10.1. The molecule has 5 heteroatoms. The average Bonchev–Trinajstić information content (AvgIpc) is 2.08. The minimum absolute atomic E-state index is 0.0307. The van der Waals surface area contributed by atoms with Crippen molar-refractivity contribution in [1.29, 1.82) is 0 Å². The molecule has 0 aromatic heterocycles. The smallest absolute Gasteiger partial charge is 0.321 e. The van der Waals surface area contributed by atoms with E-state index in [9.17, 15) is 9.90 Å². The van der Waals surface area contributed by atoms with E-state index in [0.717, 1.165) is 0 Å². The van der Waals surface area contributed by atoms with Crippen LogP contribution in [0.5, 0.6) is 5.75 Å². The number of aliphatic carboxylic acids is 1. The van der Waals surface area contributed by atoms with Gasteiger partial charge in [-0.3, -0.25) is 4.79 Å². The van der Waals surface area contributed by atoms with Gasteiger partial charge in [-0.25, -0.2) is 0 Å². The maximum Gasteiger partial charge on any atom is 0.321 e. The van der Waals surface area contributed by atoms with E-state index < -0.39 is 10.8 Å². The number of carboxylic acid groups (broad SMARTS) is 1. The zero-order valence-corrected chi connectivity index (χ0v) is 9.54. The Morgan fingerprint density at radius 3 is 2.54 bits per heavy atom. The van der Waals surface area contributed by atoms with Gasteiger partial charge in [-0.05, 0) is 33.6 Å². The first-order valence-corrected chi connectivity index (χ1v) is 5.08. The number of aromatic hydroxyl groups is 1. The van der Waals surface area contributed by atoms with Crippen LogP contribution in [0.2, 0.25) is 0 Å². The van der Waals surface area contributed by atoms with Crippen LogP contribution in [0, 0.1) is 0 Å². The number of carbonyl (C=O) groups is 1. The summed E-state index contributed by atoms with van der Waals surface area (Å²) in [5.74, 6) is -0.954. The van der Waals surface area contributed by atoms with E-state index in [-0.39, 0.29) is 5.75 Å². The lowest BCUT2D eigenvalue weighted by molar-refractivity contribution is -0.136. The predicted molar refractivity (Wildman–Crippen MR) is 55.1 cm³/mol. The SMILES string of the molecule is O=C(O)C(Br)c1ccc(Br)c(O)c1. The first-order chi connectivity index (χ1) is 6.02. The second-order valence-electron chi connectivity index (χ2n) is 2.41. The molecular weight excluding hydrogens is 304 g/mol. The number of alkyl halides is 1. The van der Waals surface area contributed by atoms with Crippen LogP contribution in [0.15, 0.2) is 22.7 Å². The molecule has 0 fully saturated rings. The van der Waals surface area contributed by atoms with Gasteiger partial charge in [0.15, 0.2) is 0 Å². The minimum atomic E-state index is -0.985. The van der Waals surface area contributed by atoms with E-state index >= 15 is 0 Å². The number of phenolic OH excluding ortho intramolecular Hbond substituents is 1. The average molecular weight is 310 g/mol. The van der Waals surface area contributed by atoms with Crippen molar-refractivity contribution in [3.63, 3.8) is 0 Å². The summed E-state index contributed by atoms with van der Waals surface area (Å²) < 4.78 is 0.543. The van der Waals surface area contributed by atoms with E-state index in [4.69, 9.17) is 5.11 Å². The Morgan fingerprint density at radius 1 is 1.46 bits per heavy atom. The van der Waals surface area contributed by atoms with Gasteiger partial charge in [0.2, 0.25) is 0 Å². The third-order valence-electron chi connectivity index (χ3n) is 1.48. The van der Waals surface area contributed by atoms with Crippen LogP contribution in [-0.4, -0.2) is 16.2 Å². The van der Waals surface area contributed by atoms with Gasteiger partial charge in [0.1, 0.15) is 10.6 Å². The summed E-state index contributed by atoms with van der Waals surface area (Å²) in [4.78, 5) is 9.77. The largest absolute Gasteiger partial charge is 0.507 e. The fourth-order valence-electron chi connectivity index (χ4n) is 0.830. The molecule has 2 N–H and O–H groups in total. The summed E-state index contributed by atoms with van der Waals surface area (Å²) >= 11 is 6.09. The van der Waals surface area contributed by atoms with Crippen LogP contribution in [0.4, 0.5) is 0 Å². The second kappa shape index (κ2) is 4.11. The third-order valence-corrected chi connectivity index (χ3v) is 3.07. The van der Waals surface area contributed by atoms with Crippen molar-refractivity contribution in [2.24, 2.45) is 0 Å². The fourth-order valence-corrected chi connectivity index (χ4v) is 1.36. The van der Waals surface area contributed by atoms with E-state index in [1.165, 1.54) is 6.07 Å². The minimum Gasteiger partial charge on any atom is -0.507 e. The number of rotatable bonds is 2. The Bertz CT molecular complexity index is 338. The number of phenols is 1. The maximum absolute atomic E-state index is 10.6. The van der Waals surface area contributed by atoms with Crippen molar-refractivity contribution in [3.05, 3.63) is 28.2 Å². The van der Waals surface area contributed by atoms with Crippen LogP contribution < -0.4 is 0 Å². The van der Waals surface area contributed by atoms with Gasteiger partial charge in [-0.15, -0.1) is 0 Å². The highest BCUT2D eigenvalue weighted by molar-refractivity contribution is 9.10. The predicted octanol–water partition coefficient (Wildman–Crippen LogP) is 2.68. The molecule has 13 heavy (non-hydrogen) atoms. The van der Waals surface area contributed by atoms with Crippen LogP contribution >= 0.6 is 31.9 Å². The van der Waals surface area contributed by atoms with Gasteiger partial charge in [-0.1, -0.05) is 22.0 Å². The van der Waals surface area contributed by atoms with Gasteiger partial charge in [0, 0.05) is 0 Å². The molecule has 0 bridgehead atoms. The van der Waals surface area contributed by atoms with Crippen LogP contribution in [0.25, 0.3) is 0 Å². The third kappa shape index (κ3) is 2.45. The van der Waals surface area contributed by atoms with Crippen molar-refractivity contribution in [1.82, 2.24) is 0 Å². The summed E-state index contributed by atoms with van der Waals surface area (Å²) in [5.41, 5.74) is 0.508. The van der Waals surface area contributed by atoms with Crippen LogP contribution in [-0.2, 0) is 4.79 Å². The molecule has 0 saturated heterocycles. The summed E-state index contributed by atoms with van der Waals surface area (Å²) in [6.07, 6.45) is 0. The molecule has 3 nitrogen and oxygen atoms in total. The number of benzene rings is 1.